The fraction of sp³-hybridized carbons (Fsp3) is 0.200. The van der Waals surface area contributed by atoms with E-state index in [2.05, 4.69) is 36.3 Å². The summed E-state index contributed by atoms with van der Waals surface area (Å²) in [5.74, 6) is 0.547. The van der Waals surface area contributed by atoms with E-state index in [0.29, 0.717) is 23.1 Å². The van der Waals surface area contributed by atoms with Crippen molar-refractivity contribution in [3.05, 3.63) is 87.5 Å². The van der Waals surface area contributed by atoms with Crippen molar-refractivity contribution in [2.75, 3.05) is 5.32 Å². The molecule has 0 saturated carbocycles. The molecule has 1 aromatic heterocycles. The van der Waals surface area contributed by atoms with Crippen LogP contribution in [0.25, 0.3) is 22.6 Å². The molecule has 0 aliphatic carbocycles. The molecule has 162 valence electrons. The van der Waals surface area contributed by atoms with E-state index in [0.717, 1.165) is 23.1 Å². The van der Waals surface area contributed by atoms with Crippen LogP contribution < -0.4 is 5.32 Å². The maximum Gasteiger partial charge on any atom is 0.273 e. The van der Waals surface area contributed by atoms with Gasteiger partial charge in [0.2, 0.25) is 5.89 Å². The zero-order valence-electron chi connectivity index (χ0n) is 18.1. The van der Waals surface area contributed by atoms with Gasteiger partial charge in [-0.05, 0) is 67.3 Å². The molecule has 0 radical (unpaired) electrons. The Hall–Kier alpha value is -4.00. The first kappa shape index (κ1) is 21.2. The number of oxazole rings is 1. The van der Waals surface area contributed by atoms with Gasteiger partial charge in [-0.2, -0.15) is 0 Å². The van der Waals surface area contributed by atoms with Crippen molar-refractivity contribution in [1.29, 1.82) is 0 Å². The molecule has 0 saturated heterocycles. The highest BCUT2D eigenvalue weighted by Crippen LogP contribution is 2.29. The minimum absolute atomic E-state index is 0.0829. The quantitative estimate of drug-likeness (QED) is 0.279. The lowest BCUT2D eigenvalue weighted by Crippen LogP contribution is -2.12. The highest BCUT2D eigenvalue weighted by Gasteiger charge is 2.16. The molecule has 1 unspecified atom stereocenters. The number of nitro groups is 1. The van der Waals surface area contributed by atoms with E-state index in [1.165, 1.54) is 11.6 Å². The number of amides is 1. The Kier molecular flexibility index (Phi) is 5.73. The first-order chi connectivity index (χ1) is 15.4. The molecule has 32 heavy (non-hydrogen) atoms. The summed E-state index contributed by atoms with van der Waals surface area (Å²) >= 11 is 0. The van der Waals surface area contributed by atoms with Crippen molar-refractivity contribution in [3.8, 4) is 11.5 Å². The number of carbonyl (C=O) groups excluding carboxylic acids is 1. The summed E-state index contributed by atoms with van der Waals surface area (Å²) in [5, 5.41) is 13.9. The largest absolute Gasteiger partial charge is 0.436 e. The van der Waals surface area contributed by atoms with Crippen LogP contribution in [0.2, 0.25) is 0 Å². The van der Waals surface area contributed by atoms with Crippen molar-refractivity contribution in [2.24, 2.45) is 0 Å². The van der Waals surface area contributed by atoms with E-state index < -0.39 is 10.8 Å². The minimum Gasteiger partial charge on any atom is -0.436 e. The zero-order valence-corrected chi connectivity index (χ0v) is 18.1. The van der Waals surface area contributed by atoms with Crippen LogP contribution in [0.15, 0.2) is 65.1 Å². The molecule has 0 bridgehead atoms. The van der Waals surface area contributed by atoms with Crippen LogP contribution in [0.3, 0.4) is 0 Å². The van der Waals surface area contributed by atoms with Crippen LogP contribution in [0.5, 0.6) is 0 Å². The average molecular weight is 429 g/mol. The Morgan fingerprint density at radius 1 is 1.12 bits per heavy atom. The Morgan fingerprint density at radius 2 is 1.88 bits per heavy atom. The second-order valence-corrected chi connectivity index (χ2v) is 7.85. The van der Waals surface area contributed by atoms with Crippen LogP contribution in [-0.4, -0.2) is 15.8 Å². The molecule has 1 amide bonds. The maximum atomic E-state index is 12.5. The fourth-order valence-corrected chi connectivity index (χ4v) is 3.46. The van der Waals surface area contributed by atoms with E-state index in [-0.39, 0.29) is 11.3 Å². The second kappa shape index (κ2) is 8.63. The Morgan fingerprint density at radius 3 is 2.56 bits per heavy atom. The third kappa shape index (κ3) is 4.23. The predicted molar refractivity (Wildman–Crippen MR) is 124 cm³/mol. The minimum atomic E-state index is -0.493. The van der Waals surface area contributed by atoms with Gasteiger partial charge in [-0.15, -0.1) is 0 Å². The summed E-state index contributed by atoms with van der Waals surface area (Å²) in [6.07, 6.45) is 1.05. The predicted octanol–water partition coefficient (Wildman–Crippen LogP) is 6.48. The summed E-state index contributed by atoms with van der Waals surface area (Å²) in [4.78, 5) is 27.8. The summed E-state index contributed by atoms with van der Waals surface area (Å²) in [6, 6.07) is 17.6. The Balaban J connectivity index is 1.52. The lowest BCUT2D eigenvalue weighted by atomic mass is 9.98. The van der Waals surface area contributed by atoms with E-state index in [4.69, 9.17) is 4.42 Å². The number of hydrogen-bond acceptors (Lipinski definition) is 5. The molecule has 0 aliphatic rings. The molecule has 4 aromatic rings. The number of nitrogens with one attached hydrogen (secondary N) is 1. The summed E-state index contributed by atoms with van der Waals surface area (Å²) in [7, 11) is 0. The van der Waals surface area contributed by atoms with Gasteiger partial charge in [0.1, 0.15) is 5.52 Å². The van der Waals surface area contributed by atoms with Gasteiger partial charge in [-0.3, -0.25) is 14.9 Å². The molecule has 1 atom stereocenters. The molecule has 0 aliphatic heterocycles. The van der Waals surface area contributed by atoms with Gasteiger partial charge < -0.3 is 9.73 Å². The van der Waals surface area contributed by atoms with Gasteiger partial charge in [0.15, 0.2) is 5.58 Å². The number of aromatic nitrogens is 1. The van der Waals surface area contributed by atoms with Gasteiger partial charge in [-0.1, -0.05) is 26.0 Å². The molecule has 0 fully saturated rings. The molecule has 7 heteroatoms. The third-order valence-electron chi connectivity index (χ3n) is 5.65. The molecule has 4 rings (SSSR count). The number of carbonyl (C=O) groups is 1. The van der Waals surface area contributed by atoms with Crippen LogP contribution in [-0.2, 0) is 0 Å². The Labute approximate surface area is 185 Å². The van der Waals surface area contributed by atoms with Crippen molar-refractivity contribution >= 4 is 28.4 Å². The number of rotatable bonds is 6. The molecule has 0 spiro atoms. The van der Waals surface area contributed by atoms with Crippen LogP contribution in [0.4, 0.5) is 11.4 Å². The van der Waals surface area contributed by atoms with Crippen molar-refractivity contribution in [3.63, 3.8) is 0 Å². The molecular weight excluding hydrogens is 406 g/mol. The summed E-state index contributed by atoms with van der Waals surface area (Å²) < 4.78 is 5.90. The van der Waals surface area contributed by atoms with Gasteiger partial charge in [0, 0.05) is 28.4 Å². The number of fused-ring (bicyclic) bond motifs is 1. The maximum absolute atomic E-state index is 12.5. The van der Waals surface area contributed by atoms with Gasteiger partial charge in [0.25, 0.3) is 11.6 Å². The van der Waals surface area contributed by atoms with Gasteiger partial charge >= 0.3 is 0 Å². The second-order valence-electron chi connectivity index (χ2n) is 7.85. The SMILES string of the molecule is CCC(C)c1ccc2oc(-c3ccc(NC(=O)c4ccc(C)c([N+](=O)[O-])c4)cc3)nc2c1. The van der Waals surface area contributed by atoms with Gasteiger partial charge in [-0.25, -0.2) is 4.98 Å². The van der Waals surface area contributed by atoms with Crippen LogP contribution in [0.1, 0.15) is 47.7 Å². The van der Waals surface area contributed by atoms with Crippen LogP contribution in [0, 0.1) is 17.0 Å². The lowest BCUT2D eigenvalue weighted by Gasteiger charge is -2.07. The summed E-state index contributed by atoms with van der Waals surface area (Å²) in [6.45, 7) is 5.98. The number of aryl methyl sites for hydroxylation is 1. The molecule has 3 aromatic carbocycles. The summed E-state index contributed by atoms with van der Waals surface area (Å²) in [5.41, 5.74) is 4.77. The molecular formula is C25H23N3O4. The van der Waals surface area contributed by atoms with Crippen molar-refractivity contribution < 1.29 is 14.1 Å². The topological polar surface area (TPSA) is 98.3 Å². The number of anilines is 1. The van der Waals surface area contributed by atoms with E-state index >= 15 is 0 Å². The van der Waals surface area contributed by atoms with E-state index in [1.54, 1.807) is 31.2 Å². The van der Waals surface area contributed by atoms with Crippen LogP contribution >= 0.6 is 0 Å². The molecule has 1 heterocycles. The number of nitro benzene ring substituents is 1. The monoisotopic (exact) mass is 429 g/mol. The number of nitrogens with zero attached hydrogens (tertiary/aromatic N) is 2. The van der Waals surface area contributed by atoms with Gasteiger partial charge in [0.05, 0.1) is 4.92 Å². The first-order valence-electron chi connectivity index (χ1n) is 10.4. The standard InChI is InChI=1S/C25H23N3O4/c1-4-15(2)18-9-12-23-21(13-18)27-25(32-23)17-7-10-20(11-8-17)26-24(29)19-6-5-16(3)22(14-19)28(30)31/h5-15H,4H2,1-3H3,(H,26,29). The number of benzene rings is 3. The third-order valence-corrected chi connectivity index (χ3v) is 5.65. The molecule has 1 N–H and O–H groups in total. The normalized spacial score (nSPS) is 12.0. The molecule has 7 nitrogen and oxygen atoms in total. The van der Waals surface area contributed by atoms with Crippen molar-refractivity contribution in [1.82, 2.24) is 4.98 Å². The van der Waals surface area contributed by atoms with E-state index in [9.17, 15) is 14.9 Å². The smallest absolute Gasteiger partial charge is 0.273 e. The fourth-order valence-electron chi connectivity index (χ4n) is 3.46. The average Bonchev–Trinajstić information content (AvgIpc) is 3.22. The highest BCUT2D eigenvalue weighted by molar-refractivity contribution is 6.04. The lowest BCUT2D eigenvalue weighted by molar-refractivity contribution is -0.385. The Bertz CT molecular complexity index is 1310. The van der Waals surface area contributed by atoms with E-state index in [1.807, 2.05) is 18.2 Å². The number of hydrogen-bond donors (Lipinski definition) is 1. The van der Waals surface area contributed by atoms with Crippen molar-refractivity contribution in [2.45, 2.75) is 33.1 Å². The highest BCUT2D eigenvalue weighted by atomic mass is 16.6. The zero-order chi connectivity index (χ0) is 22.8. The first-order valence-corrected chi connectivity index (χ1v) is 10.4.